The van der Waals surface area contributed by atoms with E-state index in [0.717, 1.165) is 51.1 Å². The third-order valence-electron chi connectivity index (χ3n) is 7.10. The van der Waals surface area contributed by atoms with Crippen molar-refractivity contribution in [3.63, 3.8) is 0 Å². The molecule has 0 spiro atoms. The van der Waals surface area contributed by atoms with Crippen LogP contribution in [0.4, 0.5) is 4.79 Å². The van der Waals surface area contributed by atoms with E-state index in [9.17, 15) is 4.79 Å². The molecule has 1 aliphatic carbocycles. The van der Waals surface area contributed by atoms with Crippen LogP contribution in [0.2, 0.25) is 0 Å². The molecule has 1 aromatic carbocycles. The van der Waals surface area contributed by atoms with E-state index in [2.05, 4.69) is 23.1 Å². The summed E-state index contributed by atoms with van der Waals surface area (Å²) in [6, 6.07) is 9.09. The van der Waals surface area contributed by atoms with Crippen LogP contribution in [0, 0.1) is 5.92 Å². The maximum Gasteiger partial charge on any atom is 0.410 e. The first-order valence-corrected chi connectivity index (χ1v) is 11.6. The number of methoxy groups -OCH3 is 1. The Kier molecular flexibility index (Phi) is 6.96. The van der Waals surface area contributed by atoms with Gasteiger partial charge < -0.3 is 14.4 Å². The van der Waals surface area contributed by atoms with E-state index in [1.54, 1.807) is 7.11 Å². The second-order valence-electron chi connectivity index (χ2n) is 9.00. The molecule has 5 heteroatoms. The van der Waals surface area contributed by atoms with Crippen molar-refractivity contribution in [2.75, 3.05) is 26.7 Å². The zero-order valence-electron chi connectivity index (χ0n) is 17.9. The van der Waals surface area contributed by atoms with Gasteiger partial charge in [-0.2, -0.15) is 0 Å². The summed E-state index contributed by atoms with van der Waals surface area (Å²) >= 11 is 0. The van der Waals surface area contributed by atoms with Crippen molar-refractivity contribution < 1.29 is 14.3 Å². The third-order valence-corrected chi connectivity index (χ3v) is 7.10. The number of hydrogen-bond donors (Lipinski definition) is 0. The minimum Gasteiger partial charge on any atom is -0.497 e. The first-order valence-electron chi connectivity index (χ1n) is 11.6. The summed E-state index contributed by atoms with van der Waals surface area (Å²) < 4.78 is 11.1. The number of piperidine rings is 2. The minimum atomic E-state index is -0.0766. The summed E-state index contributed by atoms with van der Waals surface area (Å²) in [4.78, 5) is 17.1. The maximum absolute atomic E-state index is 12.5. The fourth-order valence-electron chi connectivity index (χ4n) is 5.44. The van der Waals surface area contributed by atoms with Crippen LogP contribution in [0.3, 0.4) is 0 Å². The summed E-state index contributed by atoms with van der Waals surface area (Å²) in [7, 11) is 1.73. The molecule has 2 aliphatic heterocycles. The Morgan fingerprint density at radius 1 is 1.00 bits per heavy atom. The van der Waals surface area contributed by atoms with Crippen molar-refractivity contribution in [2.45, 2.75) is 76.5 Å². The van der Waals surface area contributed by atoms with Crippen LogP contribution in [0.5, 0.6) is 5.75 Å². The van der Waals surface area contributed by atoms with Crippen molar-refractivity contribution in [1.29, 1.82) is 0 Å². The van der Waals surface area contributed by atoms with E-state index >= 15 is 0 Å². The topological polar surface area (TPSA) is 42.0 Å². The van der Waals surface area contributed by atoms with Crippen LogP contribution in [-0.4, -0.2) is 54.8 Å². The van der Waals surface area contributed by atoms with E-state index < -0.39 is 0 Å². The highest BCUT2D eigenvalue weighted by Crippen LogP contribution is 2.32. The number of benzene rings is 1. The van der Waals surface area contributed by atoms with Gasteiger partial charge in [-0.05, 0) is 81.5 Å². The number of ether oxygens (including phenoxy) is 2. The molecule has 29 heavy (non-hydrogen) atoms. The summed E-state index contributed by atoms with van der Waals surface area (Å²) in [6.45, 7) is 3.86. The molecule has 3 aliphatic rings. The summed E-state index contributed by atoms with van der Waals surface area (Å²) in [5, 5.41) is 0. The van der Waals surface area contributed by atoms with Crippen molar-refractivity contribution in [3.05, 3.63) is 29.8 Å². The molecule has 160 valence electrons. The number of carbonyl (C=O) groups excluding carboxylic acids is 1. The zero-order chi connectivity index (χ0) is 20.1. The molecular formula is C24H36N2O3. The molecule has 0 N–H and O–H groups in total. The Morgan fingerprint density at radius 2 is 1.76 bits per heavy atom. The van der Waals surface area contributed by atoms with Gasteiger partial charge in [-0.15, -0.1) is 0 Å². The Balaban J connectivity index is 1.31. The average molecular weight is 401 g/mol. The first kappa shape index (κ1) is 20.5. The van der Waals surface area contributed by atoms with Gasteiger partial charge in [0, 0.05) is 25.7 Å². The van der Waals surface area contributed by atoms with Crippen molar-refractivity contribution in [3.8, 4) is 5.75 Å². The number of hydrogen-bond acceptors (Lipinski definition) is 4. The zero-order valence-corrected chi connectivity index (χ0v) is 17.9. The molecule has 0 bridgehead atoms. The normalized spacial score (nSPS) is 24.6. The first-order chi connectivity index (χ1) is 14.2. The lowest BCUT2D eigenvalue weighted by atomic mass is 9.83. The van der Waals surface area contributed by atoms with E-state index in [1.807, 2.05) is 11.0 Å². The second-order valence-corrected chi connectivity index (χ2v) is 9.00. The molecule has 5 nitrogen and oxygen atoms in total. The van der Waals surface area contributed by atoms with Gasteiger partial charge >= 0.3 is 6.09 Å². The average Bonchev–Trinajstić information content (AvgIpc) is 3.27. The molecule has 1 atom stereocenters. The van der Waals surface area contributed by atoms with Crippen LogP contribution in [0.1, 0.15) is 63.4 Å². The van der Waals surface area contributed by atoms with E-state index in [1.165, 1.54) is 44.2 Å². The highest BCUT2D eigenvalue weighted by atomic mass is 16.6. The SMILES string of the molecule is COc1cccc(CN2CCCCC2C2CCN(C(=O)OC3CCCC3)CC2)c1. The predicted octanol–water partition coefficient (Wildman–Crippen LogP) is 4.84. The molecule has 1 amide bonds. The van der Waals surface area contributed by atoms with Gasteiger partial charge in [0.05, 0.1) is 7.11 Å². The monoisotopic (exact) mass is 400 g/mol. The quantitative estimate of drug-likeness (QED) is 0.709. The van der Waals surface area contributed by atoms with Crippen LogP contribution in [-0.2, 0) is 11.3 Å². The predicted molar refractivity (Wildman–Crippen MR) is 114 cm³/mol. The number of rotatable bonds is 5. The molecular weight excluding hydrogens is 364 g/mol. The Hall–Kier alpha value is -1.75. The molecule has 4 rings (SSSR count). The molecule has 1 unspecified atom stereocenters. The molecule has 3 fully saturated rings. The van der Waals surface area contributed by atoms with Gasteiger partial charge in [0.1, 0.15) is 11.9 Å². The van der Waals surface area contributed by atoms with Crippen molar-refractivity contribution in [1.82, 2.24) is 9.80 Å². The lowest BCUT2D eigenvalue weighted by molar-refractivity contribution is 0.0330. The van der Waals surface area contributed by atoms with E-state index in [-0.39, 0.29) is 12.2 Å². The van der Waals surface area contributed by atoms with E-state index in [0.29, 0.717) is 12.0 Å². The van der Waals surface area contributed by atoms with Gasteiger partial charge in [0.15, 0.2) is 0 Å². The Bertz CT molecular complexity index is 666. The van der Waals surface area contributed by atoms with Crippen LogP contribution in [0.25, 0.3) is 0 Å². The lowest BCUT2D eigenvalue weighted by Gasteiger charge is -2.43. The Morgan fingerprint density at radius 3 is 2.52 bits per heavy atom. The maximum atomic E-state index is 12.5. The highest BCUT2D eigenvalue weighted by molar-refractivity contribution is 5.68. The van der Waals surface area contributed by atoms with Crippen LogP contribution >= 0.6 is 0 Å². The lowest BCUT2D eigenvalue weighted by Crippen LogP contribution is -2.48. The van der Waals surface area contributed by atoms with Gasteiger partial charge in [-0.1, -0.05) is 18.6 Å². The van der Waals surface area contributed by atoms with Crippen molar-refractivity contribution in [2.24, 2.45) is 5.92 Å². The van der Waals surface area contributed by atoms with Crippen LogP contribution in [0.15, 0.2) is 24.3 Å². The second kappa shape index (κ2) is 9.84. The smallest absolute Gasteiger partial charge is 0.410 e. The van der Waals surface area contributed by atoms with E-state index in [4.69, 9.17) is 9.47 Å². The summed E-state index contributed by atoms with van der Waals surface area (Å²) in [5.74, 6) is 1.61. The molecule has 1 saturated carbocycles. The molecule has 2 heterocycles. The van der Waals surface area contributed by atoms with Gasteiger partial charge in [0.2, 0.25) is 0 Å². The fourth-order valence-corrected chi connectivity index (χ4v) is 5.44. The number of carbonyl (C=O) groups is 1. The minimum absolute atomic E-state index is 0.0766. The number of nitrogens with zero attached hydrogens (tertiary/aromatic N) is 2. The Labute approximate surface area is 175 Å². The van der Waals surface area contributed by atoms with Crippen LogP contribution < -0.4 is 4.74 Å². The molecule has 0 aromatic heterocycles. The number of amides is 1. The third kappa shape index (κ3) is 5.25. The molecule has 1 aromatic rings. The van der Waals surface area contributed by atoms with Gasteiger partial charge in [-0.25, -0.2) is 4.79 Å². The van der Waals surface area contributed by atoms with Gasteiger partial charge in [-0.3, -0.25) is 4.90 Å². The van der Waals surface area contributed by atoms with Gasteiger partial charge in [0.25, 0.3) is 0 Å². The standard InChI is InChI=1S/C24H36N2O3/c1-28-22-10-6-7-19(17-22)18-26-14-5-4-11-23(26)20-12-15-25(16-13-20)24(27)29-21-8-2-3-9-21/h6-7,10,17,20-21,23H,2-5,8-9,11-16,18H2,1H3. The highest BCUT2D eigenvalue weighted by Gasteiger charge is 2.34. The fraction of sp³-hybridized carbons (Fsp3) is 0.708. The summed E-state index contributed by atoms with van der Waals surface area (Å²) in [5.41, 5.74) is 1.33. The number of likely N-dealkylation sites (tertiary alicyclic amines) is 2. The summed E-state index contributed by atoms with van der Waals surface area (Å²) in [6.07, 6.45) is 10.7. The largest absolute Gasteiger partial charge is 0.497 e. The van der Waals surface area contributed by atoms with Crippen molar-refractivity contribution >= 4 is 6.09 Å². The molecule has 0 radical (unpaired) electrons. The molecule has 2 saturated heterocycles.